The van der Waals surface area contributed by atoms with Gasteiger partial charge in [0.25, 0.3) is 11.5 Å². The molecule has 218 valence electrons. The van der Waals surface area contributed by atoms with Crippen molar-refractivity contribution in [2.45, 2.75) is 46.6 Å². The van der Waals surface area contributed by atoms with E-state index in [1.54, 1.807) is 27.0 Å². The summed E-state index contributed by atoms with van der Waals surface area (Å²) < 4.78 is 42.0. The third kappa shape index (κ3) is 5.34. The molecule has 1 amide bonds. The number of amides is 1. The zero-order valence-electron chi connectivity index (χ0n) is 23.8. The van der Waals surface area contributed by atoms with Gasteiger partial charge in [-0.1, -0.05) is 13.0 Å². The van der Waals surface area contributed by atoms with E-state index in [-0.39, 0.29) is 29.2 Å². The van der Waals surface area contributed by atoms with Crippen molar-refractivity contribution in [2.75, 3.05) is 13.7 Å². The largest absolute Gasteiger partial charge is 0.494 e. The number of nitrogens with zero attached hydrogens (tertiary/aromatic N) is 4. The zero-order valence-corrected chi connectivity index (χ0v) is 23.8. The quantitative estimate of drug-likeness (QED) is 0.266. The molecule has 3 heterocycles. The Labute approximate surface area is 241 Å². The van der Waals surface area contributed by atoms with Crippen molar-refractivity contribution < 1.29 is 23.0 Å². The Balaban J connectivity index is 1.25. The second-order valence-corrected chi connectivity index (χ2v) is 10.5. The van der Waals surface area contributed by atoms with Crippen LogP contribution in [0.15, 0.2) is 58.4 Å². The Hall–Kier alpha value is -4.67. The molecular weight excluding hydrogens is 544 g/mol. The molecule has 1 N–H and O–H groups in total. The fourth-order valence-corrected chi connectivity index (χ4v) is 4.83. The molecule has 2 aromatic heterocycles. The molecule has 0 saturated carbocycles. The summed E-state index contributed by atoms with van der Waals surface area (Å²) in [5.74, 6) is -2.25. The van der Waals surface area contributed by atoms with Gasteiger partial charge in [-0.2, -0.15) is 14.6 Å². The van der Waals surface area contributed by atoms with Crippen LogP contribution in [-0.2, 0) is 17.8 Å². The Bertz CT molecular complexity index is 1770. The summed E-state index contributed by atoms with van der Waals surface area (Å²) in [5.41, 5.74) is 4.11. The van der Waals surface area contributed by atoms with Gasteiger partial charge >= 0.3 is 0 Å². The Morgan fingerprint density at radius 1 is 0.929 bits per heavy atom. The predicted octanol–water partition coefficient (Wildman–Crippen LogP) is 5.03. The predicted molar refractivity (Wildman–Crippen MR) is 155 cm³/mol. The average Bonchev–Trinajstić information content (AvgIpc) is 3.26. The molecule has 0 fully saturated rings. The smallest absolute Gasteiger partial charge is 0.266 e. The van der Waals surface area contributed by atoms with E-state index in [0.29, 0.717) is 30.8 Å². The van der Waals surface area contributed by atoms with Crippen molar-refractivity contribution in [1.82, 2.24) is 20.2 Å². The number of rotatable bonds is 10. The lowest BCUT2D eigenvalue weighted by atomic mass is 9.83. The molecule has 9 nitrogen and oxygen atoms in total. The molecule has 0 aliphatic carbocycles. The van der Waals surface area contributed by atoms with Crippen molar-refractivity contribution in [3.63, 3.8) is 0 Å². The van der Waals surface area contributed by atoms with E-state index in [0.717, 1.165) is 28.6 Å². The van der Waals surface area contributed by atoms with Crippen LogP contribution in [0.3, 0.4) is 0 Å². The first kappa shape index (κ1) is 28.8. The van der Waals surface area contributed by atoms with Crippen LogP contribution < -0.4 is 20.5 Å². The molecule has 0 spiro atoms. The molecule has 5 rings (SSSR count). The lowest BCUT2D eigenvalue weighted by Crippen LogP contribution is -2.33. The van der Waals surface area contributed by atoms with E-state index in [1.165, 1.54) is 22.9 Å². The number of benzene rings is 2. The number of carbonyl (C=O) groups is 1. The molecule has 1 aliphatic heterocycles. The van der Waals surface area contributed by atoms with Crippen LogP contribution in [0.1, 0.15) is 44.9 Å². The van der Waals surface area contributed by atoms with Crippen LogP contribution in [0.2, 0.25) is 0 Å². The summed E-state index contributed by atoms with van der Waals surface area (Å²) in [6.07, 6.45) is 1.77. The minimum atomic E-state index is -1.15. The van der Waals surface area contributed by atoms with Crippen LogP contribution >= 0.6 is 0 Å². The Morgan fingerprint density at radius 2 is 1.69 bits per heavy atom. The first-order valence-electron chi connectivity index (χ1n) is 13.7. The fraction of sp³-hybridized carbons (Fsp3) is 0.323. The number of methoxy groups -OCH3 is 1. The summed E-state index contributed by atoms with van der Waals surface area (Å²) in [6, 6.07) is 13.5. The summed E-state index contributed by atoms with van der Waals surface area (Å²) >= 11 is 0. The number of hydrazone groups is 1. The lowest BCUT2D eigenvalue weighted by Gasteiger charge is -2.18. The summed E-state index contributed by atoms with van der Waals surface area (Å²) in [6.45, 7) is 5.63. The van der Waals surface area contributed by atoms with E-state index < -0.39 is 23.0 Å². The third-order valence-electron chi connectivity index (χ3n) is 7.36. The second-order valence-electron chi connectivity index (χ2n) is 10.5. The molecular formula is C31H31F2N5O4. The number of nitrogens with one attached hydrogen (secondary N) is 1. The number of unbranched alkanes of at least 4 members (excludes halogenated alkanes) is 1. The van der Waals surface area contributed by atoms with Crippen LogP contribution in [0.4, 0.5) is 8.78 Å². The number of aromatic nitrogens is 3. The van der Waals surface area contributed by atoms with Crippen molar-refractivity contribution in [1.29, 1.82) is 0 Å². The molecule has 0 unspecified atom stereocenters. The number of hydrogen-bond acceptors (Lipinski definition) is 7. The summed E-state index contributed by atoms with van der Waals surface area (Å²) in [4.78, 5) is 29.2. The van der Waals surface area contributed by atoms with Gasteiger partial charge in [-0.25, -0.2) is 19.5 Å². The van der Waals surface area contributed by atoms with Crippen LogP contribution in [0, 0.1) is 17.0 Å². The van der Waals surface area contributed by atoms with E-state index in [2.05, 4.69) is 15.6 Å². The SMILES string of the molecule is CCc1ccc2c(-c3ccc(=O)n(CCCCOc4ccc(C5=NNC(=O)C5(C)C)c(F)c4F)n3)ccc(OC)c2n1. The summed E-state index contributed by atoms with van der Waals surface area (Å²) in [5, 5.41) is 9.32. The highest BCUT2D eigenvalue weighted by atomic mass is 19.2. The van der Waals surface area contributed by atoms with E-state index in [4.69, 9.17) is 14.5 Å². The standard InChI is InChI=1S/C31H31F2N5O4/c1-5-18-8-9-20-19(10-14-24(41-4)28(20)34-18)22-12-15-25(39)38(37-22)16-6-7-17-42-23-13-11-21(26(32)27(23)33)29-31(2,3)30(40)36-35-29/h8-15H,5-7,16-17H2,1-4H3,(H,36,40). The van der Waals surface area contributed by atoms with Gasteiger partial charge in [0.15, 0.2) is 11.6 Å². The molecule has 11 heteroatoms. The van der Waals surface area contributed by atoms with E-state index >= 15 is 0 Å². The van der Waals surface area contributed by atoms with Gasteiger partial charge in [0.2, 0.25) is 5.82 Å². The van der Waals surface area contributed by atoms with Crippen molar-refractivity contribution in [3.05, 3.63) is 81.8 Å². The van der Waals surface area contributed by atoms with Gasteiger partial charge < -0.3 is 9.47 Å². The molecule has 0 radical (unpaired) electrons. The van der Waals surface area contributed by atoms with Crippen LogP contribution in [-0.4, -0.2) is 40.1 Å². The molecule has 2 aromatic carbocycles. The van der Waals surface area contributed by atoms with Crippen molar-refractivity contribution in [2.24, 2.45) is 10.5 Å². The van der Waals surface area contributed by atoms with Gasteiger partial charge in [0.05, 0.1) is 30.5 Å². The van der Waals surface area contributed by atoms with Gasteiger partial charge in [-0.15, -0.1) is 0 Å². The highest BCUT2D eigenvalue weighted by Gasteiger charge is 2.41. The number of carbonyl (C=O) groups excluding carboxylic acids is 1. The topological polar surface area (TPSA) is 108 Å². The third-order valence-corrected chi connectivity index (χ3v) is 7.36. The average molecular weight is 576 g/mol. The Morgan fingerprint density at radius 3 is 2.40 bits per heavy atom. The maximum Gasteiger partial charge on any atom is 0.266 e. The fourth-order valence-electron chi connectivity index (χ4n) is 4.83. The number of fused-ring (bicyclic) bond motifs is 1. The summed E-state index contributed by atoms with van der Waals surface area (Å²) in [7, 11) is 1.60. The molecule has 0 atom stereocenters. The normalized spacial score (nSPS) is 14.1. The van der Waals surface area contributed by atoms with Crippen molar-refractivity contribution >= 4 is 22.5 Å². The van der Waals surface area contributed by atoms with Gasteiger partial charge in [0.1, 0.15) is 11.3 Å². The van der Waals surface area contributed by atoms with Gasteiger partial charge in [-0.05, 0) is 69.5 Å². The zero-order chi connectivity index (χ0) is 30.0. The Kier molecular flexibility index (Phi) is 8.02. The van der Waals surface area contributed by atoms with Crippen molar-refractivity contribution in [3.8, 4) is 22.8 Å². The van der Waals surface area contributed by atoms with Gasteiger partial charge in [-0.3, -0.25) is 9.59 Å². The highest BCUT2D eigenvalue weighted by molar-refractivity contribution is 6.19. The maximum atomic E-state index is 14.8. The van der Waals surface area contributed by atoms with Crippen LogP contribution in [0.25, 0.3) is 22.2 Å². The number of hydrogen-bond donors (Lipinski definition) is 1. The van der Waals surface area contributed by atoms with Gasteiger partial charge in [0, 0.05) is 34.8 Å². The number of halogens is 2. The maximum absolute atomic E-state index is 14.8. The molecule has 42 heavy (non-hydrogen) atoms. The molecule has 0 saturated heterocycles. The van der Waals surface area contributed by atoms with E-state index in [1.807, 2.05) is 31.2 Å². The second kappa shape index (κ2) is 11.7. The van der Waals surface area contributed by atoms with E-state index in [9.17, 15) is 18.4 Å². The molecule has 4 aromatic rings. The first-order chi connectivity index (χ1) is 20.1. The molecule has 0 bridgehead atoms. The minimum absolute atomic E-state index is 0.0974. The number of ether oxygens (including phenoxy) is 2. The number of pyridine rings is 1. The minimum Gasteiger partial charge on any atom is -0.494 e. The molecule has 1 aliphatic rings. The van der Waals surface area contributed by atoms with Crippen LogP contribution in [0.5, 0.6) is 11.5 Å². The first-order valence-corrected chi connectivity index (χ1v) is 13.7. The highest BCUT2D eigenvalue weighted by Crippen LogP contribution is 2.33. The number of aryl methyl sites for hydroxylation is 2. The monoisotopic (exact) mass is 575 g/mol. The lowest BCUT2D eigenvalue weighted by molar-refractivity contribution is -0.125.